The fourth-order valence-corrected chi connectivity index (χ4v) is 2.70. The molecule has 4 aromatic heterocycles. The Kier molecular flexibility index (Phi) is 4.82. The van der Waals surface area contributed by atoms with Gasteiger partial charge in [-0.3, -0.25) is 9.78 Å². The Labute approximate surface area is 172 Å². The van der Waals surface area contributed by atoms with E-state index in [2.05, 4.69) is 35.7 Å². The largest absolute Gasteiger partial charge is 0.359 e. The highest BCUT2D eigenvalue weighted by Crippen LogP contribution is 2.25. The van der Waals surface area contributed by atoms with E-state index in [0.717, 1.165) is 5.56 Å². The van der Waals surface area contributed by atoms with Crippen molar-refractivity contribution < 1.29 is 9.32 Å². The quantitative estimate of drug-likeness (QED) is 0.550. The smallest absolute Gasteiger partial charge is 0.258 e. The number of nitrogens with one attached hydrogen (secondary N) is 1. The Hall–Kier alpha value is -3.95. The van der Waals surface area contributed by atoms with Gasteiger partial charge in [0.25, 0.3) is 5.91 Å². The zero-order valence-corrected chi connectivity index (χ0v) is 17.0. The van der Waals surface area contributed by atoms with Gasteiger partial charge in [-0.05, 0) is 13.0 Å². The van der Waals surface area contributed by atoms with Gasteiger partial charge in [-0.2, -0.15) is 0 Å². The van der Waals surface area contributed by atoms with Gasteiger partial charge in [-0.25, -0.2) is 14.6 Å². The standard InChI is InChI=1S/C20H20N8O2/c1-12-16(28-10-15(25-27-28)14-7-21-11-22-8-14)5-13(9-23-12)19(29)24-18-6-17(30-26-18)20(2,3)4/h5-11H,1-4H3,(H,24,26,29). The van der Waals surface area contributed by atoms with E-state index in [0.29, 0.717) is 34.2 Å². The molecular weight excluding hydrogens is 384 g/mol. The minimum atomic E-state index is -0.352. The predicted octanol–water partition coefficient (Wildman–Crippen LogP) is 2.97. The molecule has 0 aromatic carbocycles. The fraction of sp³-hybridized carbons (Fsp3) is 0.250. The summed E-state index contributed by atoms with van der Waals surface area (Å²) in [5, 5.41) is 15.0. The minimum absolute atomic E-state index is 0.205. The summed E-state index contributed by atoms with van der Waals surface area (Å²) >= 11 is 0. The zero-order chi connectivity index (χ0) is 21.3. The molecule has 10 nitrogen and oxygen atoms in total. The minimum Gasteiger partial charge on any atom is -0.359 e. The Bertz CT molecular complexity index is 1190. The van der Waals surface area contributed by atoms with Gasteiger partial charge in [0, 0.05) is 35.6 Å². The van der Waals surface area contributed by atoms with Crippen molar-refractivity contribution in [2.45, 2.75) is 33.1 Å². The van der Waals surface area contributed by atoms with Gasteiger partial charge >= 0.3 is 0 Å². The van der Waals surface area contributed by atoms with Crippen molar-refractivity contribution in [3.05, 3.63) is 60.3 Å². The number of nitrogens with zero attached hydrogens (tertiary/aromatic N) is 7. The number of pyridine rings is 1. The number of rotatable bonds is 4. The van der Waals surface area contributed by atoms with Gasteiger partial charge in [0.1, 0.15) is 17.8 Å². The molecule has 10 heteroatoms. The van der Waals surface area contributed by atoms with Crippen molar-refractivity contribution in [1.29, 1.82) is 0 Å². The number of aromatic nitrogens is 7. The van der Waals surface area contributed by atoms with E-state index >= 15 is 0 Å². The van der Waals surface area contributed by atoms with Crippen LogP contribution in [0.25, 0.3) is 16.9 Å². The molecule has 4 heterocycles. The first-order valence-corrected chi connectivity index (χ1v) is 9.24. The molecule has 0 atom stereocenters. The molecule has 0 aliphatic heterocycles. The average molecular weight is 404 g/mol. The number of aryl methyl sites for hydroxylation is 1. The van der Waals surface area contributed by atoms with Gasteiger partial charge < -0.3 is 9.84 Å². The Morgan fingerprint density at radius 1 is 1.13 bits per heavy atom. The van der Waals surface area contributed by atoms with Crippen LogP contribution in [-0.4, -0.2) is 41.0 Å². The molecule has 0 radical (unpaired) electrons. The number of amides is 1. The van der Waals surface area contributed by atoms with Gasteiger partial charge in [-0.15, -0.1) is 5.10 Å². The zero-order valence-electron chi connectivity index (χ0n) is 17.0. The molecule has 0 bridgehead atoms. The van der Waals surface area contributed by atoms with E-state index in [1.54, 1.807) is 35.4 Å². The van der Waals surface area contributed by atoms with Crippen LogP contribution in [0.2, 0.25) is 0 Å². The molecule has 1 amide bonds. The van der Waals surface area contributed by atoms with Gasteiger partial charge in [0.2, 0.25) is 0 Å². The summed E-state index contributed by atoms with van der Waals surface area (Å²) in [5.41, 5.74) is 2.84. The second-order valence-electron chi connectivity index (χ2n) is 7.78. The monoisotopic (exact) mass is 404 g/mol. The first kappa shape index (κ1) is 19.4. The van der Waals surface area contributed by atoms with Crippen molar-refractivity contribution >= 4 is 11.7 Å². The van der Waals surface area contributed by atoms with E-state index in [-0.39, 0.29) is 11.3 Å². The molecule has 30 heavy (non-hydrogen) atoms. The number of hydrogen-bond donors (Lipinski definition) is 1. The molecule has 0 aliphatic rings. The summed E-state index contributed by atoms with van der Waals surface area (Å²) in [6.45, 7) is 7.84. The van der Waals surface area contributed by atoms with Crippen LogP contribution in [0.4, 0.5) is 5.82 Å². The second-order valence-corrected chi connectivity index (χ2v) is 7.78. The van der Waals surface area contributed by atoms with Crippen LogP contribution in [0.5, 0.6) is 0 Å². The van der Waals surface area contributed by atoms with Crippen LogP contribution < -0.4 is 5.32 Å². The van der Waals surface area contributed by atoms with E-state index in [1.165, 1.54) is 12.5 Å². The lowest BCUT2D eigenvalue weighted by atomic mass is 9.93. The van der Waals surface area contributed by atoms with Crippen LogP contribution >= 0.6 is 0 Å². The topological polar surface area (TPSA) is 125 Å². The van der Waals surface area contributed by atoms with Gasteiger partial charge in [0.05, 0.1) is 23.1 Å². The number of anilines is 1. The molecule has 0 fully saturated rings. The summed E-state index contributed by atoms with van der Waals surface area (Å²) in [5.74, 6) is 0.675. The second kappa shape index (κ2) is 7.47. The molecule has 4 rings (SSSR count). The molecule has 0 saturated carbocycles. The van der Waals surface area contributed by atoms with Crippen molar-refractivity contribution in [2.24, 2.45) is 0 Å². The SMILES string of the molecule is Cc1ncc(C(=O)Nc2cc(C(C)(C)C)on2)cc1-n1cc(-c2cncnc2)nn1. The summed E-state index contributed by atoms with van der Waals surface area (Å²) in [7, 11) is 0. The lowest BCUT2D eigenvalue weighted by Crippen LogP contribution is -2.14. The molecule has 152 valence electrons. The van der Waals surface area contributed by atoms with Crippen LogP contribution in [-0.2, 0) is 5.41 Å². The fourth-order valence-electron chi connectivity index (χ4n) is 2.70. The molecule has 0 saturated heterocycles. The molecule has 4 aromatic rings. The third-order valence-corrected chi connectivity index (χ3v) is 4.41. The van der Waals surface area contributed by atoms with Crippen molar-refractivity contribution in [1.82, 2.24) is 35.1 Å². The lowest BCUT2D eigenvalue weighted by molar-refractivity contribution is 0.102. The summed E-state index contributed by atoms with van der Waals surface area (Å²) in [4.78, 5) is 25.0. The van der Waals surface area contributed by atoms with Crippen LogP contribution in [0, 0.1) is 6.92 Å². The molecule has 1 N–H and O–H groups in total. The van der Waals surface area contributed by atoms with Crippen molar-refractivity contribution in [3.63, 3.8) is 0 Å². The molecule has 0 spiro atoms. The number of carbonyl (C=O) groups is 1. The first-order valence-electron chi connectivity index (χ1n) is 9.24. The Morgan fingerprint density at radius 3 is 2.60 bits per heavy atom. The molecule has 0 aliphatic carbocycles. The van der Waals surface area contributed by atoms with E-state index in [4.69, 9.17) is 4.52 Å². The third-order valence-electron chi connectivity index (χ3n) is 4.41. The normalized spacial score (nSPS) is 11.5. The summed E-state index contributed by atoms with van der Waals surface area (Å²) < 4.78 is 6.87. The average Bonchev–Trinajstić information content (AvgIpc) is 3.38. The molecule has 0 unspecified atom stereocenters. The maximum atomic E-state index is 12.7. The highest BCUT2D eigenvalue weighted by Gasteiger charge is 2.21. The highest BCUT2D eigenvalue weighted by atomic mass is 16.5. The van der Waals surface area contributed by atoms with E-state index in [1.807, 2.05) is 27.7 Å². The number of carbonyl (C=O) groups excluding carboxylic acids is 1. The lowest BCUT2D eigenvalue weighted by Gasteiger charge is -2.12. The van der Waals surface area contributed by atoms with Crippen molar-refractivity contribution in [3.8, 4) is 16.9 Å². The van der Waals surface area contributed by atoms with Crippen LogP contribution in [0.15, 0.2) is 47.8 Å². The maximum absolute atomic E-state index is 12.7. The highest BCUT2D eigenvalue weighted by molar-refractivity contribution is 6.03. The number of hydrogen-bond acceptors (Lipinski definition) is 8. The van der Waals surface area contributed by atoms with Crippen molar-refractivity contribution in [2.75, 3.05) is 5.32 Å². The summed E-state index contributed by atoms with van der Waals surface area (Å²) in [6, 6.07) is 3.41. The van der Waals surface area contributed by atoms with E-state index in [9.17, 15) is 4.79 Å². The van der Waals surface area contributed by atoms with Gasteiger partial charge in [0.15, 0.2) is 5.82 Å². The summed E-state index contributed by atoms with van der Waals surface area (Å²) in [6.07, 6.45) is 7.99. The Balaban J connectivity index is 1.58. The third kappa shape index (κ3) is 3.93. The predicted molar refractivity (Wildman–Crippen MR) is 108 cm³/mol. The van der Waals surface area contributed by atoms with E-state index < -0.39 is 0 Å². The van der Waals surface area contributed by atoms with Crippen LogP contribution in [0.3, 0.4) is 0 Å². The molecular formula is C20H20N8O2. The Morgan fingerprint density at radius 2 is 1.90 bits per heavy atom. The maximum Gasteiger partial charge on any atom is 0.258 e. The van der Waals surface area contributed by atoms with Crippen LogP contribution in [0.1, 0.15) is 42.6 Å². The van der Waals surface area contributed by atoms with Gasteiger partial charge in [-0.1, -0.05) is 31.1 Å². The first-order chi connectivity index (χ1) is 14.3.